The third-order valence-electron chi connectivity index (χ3n) is 4.81. The lowest BCUT2D eigenvalue weighted by Gasteiger charge is -2.31. The Balaban J connectivity index is 1.65. The average Bonchev–Trinajstić information content (AvgIpc) is 3.10. The summed E-state index contributed by atoms with van der Waals surface area (Å²) in [6, 6.07) is 3.82. The molecule has 3 atom stereocenters. The number of fused-ring (bicyclic) bond motifs is 1. The lowest BCUT2D eigenvalue weighted by molar-refractivity contribution is -0.141. The van der Waals surface area contributed by atoms with Gasteiger partial charge in [-0.1, -0.05) is 6.92 Å². The molecule has 7 heteroatoms. The van der Waals surface area contributed by atoms with Gasteiger partial charge in [0.25, 0.3) is 0 Å². The fourth-order valence-electron chi connectivity index (χ4n) is 3.26. The summed E-state index contributed by atoms with van der Waals surface area (Å²) in [4.78, 5) is 13.3. The standard InChI is InChI=1S/C15H19N5O2/c1-9-7-11(9)14-17-16-12-4-5-13(18-20(12)14)19-6-2-3-10(8-19)15(21)22/h4-5,9-11H,2-3,6-8H2,1H3,(H,21,22). The summed E-state index contributed by atoms with van der Waals surface area (Å²) >= 11 is 0. The third-order valence-corrected chi connectivity index (χ3v) is 4.81. The summed E-state index contributed by atoms with van der Waals surface area (Å²) in [7, 11) is 0. The molecule has 0 spiro atoms. The number of aromatic nitrogens is 4. The Labute approximate surface area is 127 Å². The number of aliphatic carboxylic acids is 1. The minimum Gasteiger partial charge on any atom is -0.481 e. The molecule has 1 aliphatic heterocycles. The first kappa shape index (κ1) is 13.5. The first-order valence-electron chi connectivity index (χ1n) is 7.83. The van der Waals surface area contributed by atoms with Gasteiger partial charge in [0, 0.05) is 19.0 Å². The molecule has 22 heavy (non-hydrogen) atoms. The van der Waals surface area contributed by atoms with Crippen LogP contribution in [-0.2, 0) is 4.79 Å². The first-order valence-corrected chi connectivity index (χ1v) is 7.83. The molecule has 1 saturated heterocycles. The molecule has 116 valence electrons. The van der Waals surface area contributed by atoms with Crippen LogP contribution >= 0.6 is 0 Å². The lowest BCUT2D eigenvalue weighted by Crippen LogP contribution is -2.39. The zero-order valence-electron chi connectivity index (χ0n) is 12.5. The van der Waals surface area contributed by atoms with Crippen molar-refractivity contribution in [1.29, 1.82) is 0 Å². The highest BCUT2D eigenvalue weighted by molar-refractivity contribution is 5.71. The van der Waals surface area contributed by atoms with Crippen molar-refractivity contribution in [3.05, 3.63) is 18.0 Å². The highest BCUT2D eigenvalue weighted by Crippen LogP contribution is 2.45. The van der Waals surface area contributed by atoms with Crippen molar-refractivity contribution in [2.24, 2.45) is 11.8 Å². The van der Waals surface area contributed by atoms with Gasteiger partial charge >= 0.3 is 5.97 Å². The zero-order valence-corrected chi connectivity index (χ0v) is 12.5. The van der Waals surface area contributed by atoms with Crippen LogP contribution in [0.5, 0.6) is 0 Å². The zero-order chi connectivity index (χ0) is 15.3. The molecule has 3 unspecified atom stereocenters. The SMILES string of the molecule is CC1CC1c1nnc2ccc(N3CCCC(C(=O)O)C3)nn12. The number of carbonyl (C=O) groups is 1. The maximum absolute atomic E-state index is 11.2. The van der Waals surface area contributed by atoms with E-state index in [0.29, 0.717) is 18.4 Å². The highest BCUT2D eigenvalue weighted by Gasteiger charge is 2.38. The molecule has 7 nitrogen and oxygen atoms in total. The van der Waals surface area contributed by atoms with E-state index in [1.807, 2.05) is 16.6 Å². The number of rotatable bonds is 3. The molecule has 0 bridgehead atoms. The maximum Gasteiger partial charge on any atom is 0.308 e. The Hall–Kier alpha value is -2.18. The van der Waals surface area contributed by atoms with Crippen molar-refractivity contribution in [1.82, 2.24) is 19.8 Å². The van der Waals surface area contributed by atoms with Gasteiger partial charge in [-0.2, -0.15) is 4.52 Å². The van der Waals surface area contributed by atoms with Crippen LogP contribution < -0.4 is 4.90 Å². The van der Waals surface area contributed by atoms with Crippen molar-refractivity contribution in [3.63, 3.8) is 0 Å². The predicted octanol–water partition coefficient (Wildman–Crippen LogP) is 1.55. The lowest BCUT2D eigenvalue weighted by atomic mass is 9.98. The summed E-state index contributed by atoms with van der Waals surface area (Å²) < 4.78 is 1.83. The van der Waals surface area contributed by atoms with E-state index in [-0.39, 0.29) is 5.92 Å². The topological polar surface area (TPSA) is 83.6 Å². The Morgan fingerprint density at radius 3 is 2.91 bits per heavy atom. The van der Waals surface area contributed by atoms with Gasteiger partial charge in [-0.15, -0.1) is 15.3 Å². The quantitative estimate of drug-likeness (QED) is 0.926. The number of anilines is 1. The smallest absolute Gasteiger partial charge is 0.308 e. The van der Waals surface area contributed by atoms with E-state index in [1.165, 1.54) is 0 Å². The number of hydrogen-bond donors (Lipinski definition) is 1. The number of nitrogens with zero attached hydrogens (tertiary/aromatic N) is 5. The Bertz CT molecular complexity index is 728. The molecule has 0 amide bonds. The van der Waals surface area contributed by atoms with Crippen LogP contribution in [0.15, 0.2) is 12.1 Å². The van der Waals surface area contributed by atoms with E-state index < -0.39 is 5.97 Å². The van der Waals surface area contributed by atoms with Crippen molar-refractivity contribution >= 4 is 17.4 Å². The fourth-order valence-corrected chi connectivity index (χ4v) is 3.26. The molecule has 2 fully saturated rings. The number of carboxylic acid groups (broad SMARTS) is 1. The van der Waals surface area contributed by atoms with E-state index in [2.05, 4.69) is 27.1 Å². The number of piperidine rings is 1. The molecule has 0 radical (unpaired) electrons. The van der Waals surface area contributed by atoms with Crippen molar-refractivity contribution in [2.75, 3.05) is 18.0 Å². The minimum absolute atomic E-state index is 0.310. The highest BCUT2D eigenvalue weighted by atomic mass is 16.4. The Morgan fingerprint density at radius 1 is 1.36 bits per heavy atom. The van der Waals surface area contributed by atoms with Crippen LogP contribution in [0, 0.1) is 11.8 Å². The molecular weight excluding hydrogens is 282 g/mol. The van der Waals surface area contributed by atoms with E-state index in [1.54, 1.807) is 0 Å². The normalized spacial score (nSPS) is 28.0. The molecule has 2 aliphatic rings. The van der Waals surface area contributed by atoms with E-state index in [9.17, 15) is 9.90 Å². The van der Waals surface area contributed by atoms with Gasteiger partial charge in [0.05, 0.1) is 5.92 Å². The summed E-state index contributed by atoms with van der Waals surface area (Å²) in [5.74, 6) is 1.80. The predicted molar refractivity (Wildman–Crippen MR) is 79.9 cm³/mol. The van der Waals surface area contributed by atoms with Crippen molar-refractivity contribution in [3.8, 4) is 0 Å². The van der Waals surface area contributed by atoms with E-state index in [0.717, 1.165) is 43.1 Å². The van der Waals surface area contributed by atoms with Crippen LogP contribution in [0.1, 0.15) is 37.9 Å². The van der Waals surface area contributed by atoms with Gasteiger partial charge < -0.3 is 10.0 Å². The second kappa shape index (κ2) is 4.93. The van der Waals surface area contributed by atoms with Crippen LogP contribution in [0.3, 0.4) is 0 Å². The van der Waals surface area contributed by atoms with Gasteiger partial charge in [-0.25, -0.2) is 0 Å². The molecule has 2 aromatic heterocycles. The average molecular weight is 301 g/mol. The minimum atomic E-state index is -0.720. The summed E-state index contributed by atoms with van der Waals surface area (Å²) in [6.45, 7) is 3.57. The maximum atomic E-state index is 11.2. The number of hydrogen-bond acceptors (Lipinski definition) is 5. The second-order valence-corrected chi connectivity index (χ2v) is 6.46. The molecule has 3 heterocycles. The van der Waals surface area contributed by atoms with Crippen LogP contribution in [-0.4, -0.2) is 44.0 Å². The fraction of sp³-hybridized carbons (Fsp3) is 0.600. The molecule has 2 aromatic rings. The second-order valence-electron chi connectivity index (χ2n) is 6.46. The molecule has 0 aromatic carbocycles. The van der Waals surface area contributed by atoms with Crippen LogP contribution in [0.2, 0.25) is 0 Å². The molecule has 1 aliphatic carbocycles. The van der Waals surface area contributed by atoms with Gasteiger partial charge in [0.2, 0.25) is 0 Å². The third kappa shape index (κ3) is 2.20. The van der Waals surface area contributed by atoms with Gasteiger partial charge in [0.15, 0.2) is 11.5 Å². The Morgan fingerprint density at radius 2 is 2.18 bits per heavy atom. The van der Waals surface area contributed by atoms with Gasteiger partial charge in [-0.3, -0.25) is 4.79 Å². The summed E-state index contributed by atoms with van der Waals surface area (Å²) in [6.07, 6.45) is 2.76. The molecule has 1 saturated carbocycles. The van der Waals surface area contributed by atoms with Gasteiger partial charge in [-0.05, 0) is 37.3 Å². The van der Waals surface area contributed by atoms with E-state index >= 15 is 0 Å². The number of carboxylic acids is 1. The van der Waals surface area contributed by atoms with Crippen molar-refractivity contribution < 1.29 is 9.90 Å². The van der Waals surface area contributed by atoms with Crippen LogP contribution in [0.25, 0.3) is 5.65 Å². The van der Waals surface area contributed by atoms with Crippen molar-refractivity contribution in [2.45, 2.75) is 32.1 Å². The Kier molecular flexibility index (Phi) is 3.02. The van der Waals surface area contributed by atoms with Gasteiger partial charge in [0.1, 0.15) is 5.82 Å². The summed E-state index contributed by atoms with van der Waals surface area (Å²) in [5.41, 5.74) is 0.754. The molecule has 4 rings (SSSR count). The van der Waals surface area contributed by atoms with E-state index in [4.69, 9.17) is 0 Å². The van der Waals surface area contributed by atoms with Crippen LogP contribution in [0.4, 0.5) is 5.82 Å². The summed E-state index contributed by atoms with van der Waals surface area (Å²) in [5, 5.41) is 22.4. The first-order chi connectivity index (χ1) is 10.6. The molecule has 1 N–H and O–H groups in total. The monoisotopic (exact) mass is 301 g/mol. The molecular formula is C15H19N5O2. The largest absolute Gasteiger partial charge is 0.481 e.